The van der Waals surface area contributed by atoms with Crippen LogP contribution in [0.1, 0.15) is 47.0 Å². The maximum absolute atomic E-state index is 5.95. The highest BCUT2D eigenvalue weighted by Crippen LogP contribution is 2.15. The van der Waals surface area contributed by atoms with Crippen LogP contribution in [0.15, 0.2) is 0 Å². The first-order valence-corrected chi connectivity index (χ1v) is 4.83. The molecule has 0 aromatic heterocycles. The minimum atomic E-state index is 0.400. The summed E-state index contributed by atoms with van der Waals surface area (Å²) in [5.74, 6) is 1.44. The zero-order valence-electron chi connectivity index (χ0n) is 8.43. The Kier molecular flexibility index (Phi) is 5.57. The number of hydrogen-bond acceptors (Lipinski definition) is 1. The molecule has 1 nitrogen and oxygen atoms in total. The molecule has 0 aliphatic heterocycles. The van der Waals surface area contributed by atoms with Gasteiger partial charge in [0.1, 0.15) is 0 Å². The third kappa shape index (κ3) is 5.25. The summed E-state index contributed by atoms with van der Waals surface area (Å²) >= 11 is 0. The highest BCUT2D eigenvalue weighted by molar-refractivity contribution is 4.68. The van der Waals surface area contributed by atoms with Crippen molar-refractivity contribution in [3.05, 3.63) is 0 Å². The SMILES string of the molecule is CCCC(C)CC(N)C(C)C. The summed E-state index contributed by atoms with van der Waals surface area (Å²) in [5, 5.41) is 0. The van der Waals surface area contributed by atoms with Crippen LogP contribution in [-0.4, -0.2) is 6.04 Å². The minimum Gasteiger partial charge on any atom is -0.327 e. The van der Waals surface area contributed by atoms with Crippen LogP contribution in [-0.2, 0) is 0 Å². The zero-order chi connectivity index (χ0) is 8.85. The van der Waals surface area contributed by atoms with Gasteiger partial charge in [0.2, 0.25) is 0 Å². The second-order valence-electron chi connectivity index (χ2n) is 4.04. The Labute approximate surface area is 71.4 Å². The molecular weight excluding hydrogens is 134 g/mol. The number of hydrogen-bond donors (Lipinski definition) is 1. The molecule has 2 unspecified atom stereocenters. The Morgan fingerprint density at radius 2 is 1.73 bits per heavy atom. The van der Waals surface area contributed by atoms with Crippen molar-refractivity contribution in [3.8, 4) is 0 Å². The second kappa shape index (κ2) is 5.59. The van der Waals surface area contributed by atoms with Crippen LogP contribution < -0.4 is 5.73 Å². The van der Waals surface area contributed by atoms with Crippen LogP contribution in [0, 0.1) is 11.8 Å². The van der Waals surface area contributed by atoms with Crippen molar-refractivity contribution in [2.45, 2.75) is 53.0 Å². The third-order valence-electron chi connectivity index (χ3n) is 2.31. The fourth-order valence-electron chi connectivity index (χ4n) is 1.35. The molecule has 2 atom stereocenters. The summed E-state index contributed by atoms with van der Waals surface area (Å²) < 4.78 is 0. The first kappa shape index (κ1) is 11.0. The van der Waals surface area contributed by atoms with E-state index in [-0.39, 0.29) is 0 Å². The largest absolute Gasteiger partial charge is 0.327 e. The molecule has 11 heavy (non-hydrogen) atoms. The molecule has 0 aliphatic rings. The fourth-order valence-corrected chi connectivity index (χ4v) is 1.35. The number of nitrogens with two attached hydrogens (primary N) is 1. The molecule has 0 aromatic carbocycles. The summed E-state index contributed by atoms with van der Waals surface area (Å²) in [7, 11) is 0. The van der Waals surface area contributed by atoms with E-state index in [1.165, 1.54) is 19.3 Å². The van der Waals surface area contributed by atoms with Gasteiger partial charge in [-0.15, -0.1) is 0 Å². The predicted molar refractivity (Wildman–Crippen MR) is 51.5 cm³/mol. The van der Waals surface area contributed by atoms with Crippen molar-refractivity contribution in [3.63, 3.8) is 0 Å². The predicted octanol–water partition coefficient (Wildman–Crippen LogP) is 2.80. The normalized spacial score (nSPS) is 16.9. The lowest BCUT2D eigenvalue weighted by atomic mass is 9.92. The van der Waals surface area contributed by atoms with Gasteiger partial charge in [0.15, 0.2) is 0 Å². The molecule has 0 fully saturated rings. The summed E-state index contributed by atoms with van der Waals surface area (Å²) in [4.78, 5) is 0. The summed E-state index contributed by atoms with van der Waals surface area (Å²) in [6.45, 7) is 8.93. The monoisotopic (exact) mass is 157 g/mol. The molecule has 0 saturated carbocycles. The van der Waals surface area contributed by atoms with E-state index in [0.717, 1.165) is 5.92 Å². The maximum Gasteiger partial charge on any atom is 0.00644 e. The van der Waals surface area contributed by atoms with E-state index in [1.807, 2.05) is 0 Å². The molecule has 2 N–H and O–H groups in total. The summed E-state index contributed by atoms with van der Waals surface area (Å²) in [6.07, 6.45) is 3.79. The smallest absolute Gasteiger partial charge is 0.00644 e. The molecule has 0 aromatic rings. The van der Waals surface area contributed by atoms with Crippen LogP contribution in [0.2, 0.25) is 0 Å². The maximum atomic E-state index is 5.95. The van der Waals surface area contributed by atoms with Crippen LogP contribution in [0.3, 0.4) is 0 Å². The van der Waals surface area contributed by atoms with Crippen molar-refractivity contribution in [2.75, 3.05) is 0 Å². The van der Waals surface area contributed by atoms with Crippen molar-refractivity contribution in [2.24, 2.45) is 17.6 Å². The Morgan fingerprint density at radius 1 is 1.18 bits per heavy atom. The lowest BCUT2D eigenvalue weighted by molar-refractivity contribution is 0.373. The third-order valence-corrected chi connectivity index (χ3v) is 2.31. The van der Waals surface area contributed by atoms with Gasteiger partial charge in [0.25, 0.3) is 0 Å². The molecule has 1 heteroatoms. The zero-order valence-corrected chi connectivity index (χ0v) is 8.43. The molecular formula is C10H23N. The van der Waals surface area contributed by atoms with Gasteiger partial charge in [0.05, 0.1) is 0 Å². The van der Waals surface area contributed by atoms with E-state index in [9.17, 15) is 0 Å². The lowest BCUT2D eigenvalue weighted by Gasteiger charge is -2.19. The van der Waals surface area contributed by atoms with Crippen molar-refractivity contribution in [1.29, 1.82) is 0 Å². The lowest BCUT2D eigenvalue weighted by Crippen LogP contribution is -2.28. The van der Waals surface area contributed by atoms with E-state index in [1.54, 1.807) is 0 Å². The van der Waals surface area contributed by atoms with Crippen LogP contribution >= 0.6 is 0 Å². The summed E-state index contributed by atoms with van der Waals surface area (Å²) in [6, 6.07) is 0.400. The van der Waals surface area contributed by atoms with Crippen molar-refractivity contribution in [1.82, 2.24) is 0 Å². The highest BCUT2D eigenvalue weighted by Gasteiger charge is 2.11. The molecule has 68 valence electrons. The average Bonchev–Trinajstić information content (AvgIpc) is 1.87. The van der Waals surface area contributed by atoms with Gasteiger partial charge in [-0.25, -0.2) is 0 Å². The average molecular weight is 157 g/mol. The van der Waals surface area contributed by atoms with Gasteiger partial charge in [-0.3, -0.25) is 0 Å². The number of rotatable bonds is 5. The van der Waals surface area contributed by atoms with Crippen molar-refractivity contribution < 1.29 is 0 Å². The topological polar surface area (TPSA) is 26.0 Å². The molecule has 0 heterocycles. The second-order valence-corrected chi connectivity index (χ2v) is 4.04. The molecule has 0 aliphatic carbocycles. The van der Waals surface area contributed by atoms with Crippen LogP contribution in [0.5, 0.6) is 0 Å². The van der Waals surface area contributed by atoms with Gasteiger partial charge >= 0.3 is 0 Å². The van der Waals surface area contributed by atoms with E-state index >= 15 is 0 Å². The Balaban J connectivity index is 3.48. The Bertz CT molecular complexity index is 88.9. The Hall–Kier alpha value is -0.0400. The van der Waals surface area contributed by atoms with Crippen LogP contribution in [0.25, 0.3) is 0 Å². The van der Waals surface area contributed by atoms with E-state index in [4.69, 9.17) is 5.73 Å². The minimum absolute atomic E-state index is 0.400. The van der Waals surface area contributed by atoms with Crippen LogP contribution in [0.4, 0.5) is 0 Å². The van der Waals surface area contributed by atoms with Gasteiger partial charge < -0.3 is 5.73 Å². The fraction of sp³-hybridized carbons (Fsp3) is 1.00. The molecule has 0 amide bonds. The molecule has 0 spiro atoms. The standard InChI is InChI=1S/C10H23N/c1-5-6-9(4)7-10(11)8(2)3/h8-10H,5-7,11H2,1-4H3. The van der Waals surface area contributed by atoms with Gasteiger partial charge in [-0.05, 0) is 18.3 Å². The molecule has 0 radical (unpaired) electrons. The van der Waals surface area contributed by atoms with Gasteiger partial charge in [0, 0.05) is 6.04 Å². The quantitative estimate of drug-likeness (QED) is 0.652. The van der Waals surface area contributed by atoms with Gasteiger partial charge in [-0.1, -0.05) is 40.5 Å². The first-order chi connectivity index (χ1) is 5.07. The van der Waals surface area contributed by atoms with E-state index in [2.05, 4.69) is 27.7 Å². The first-order valence-electron chi connectivity index (χ1n) is 4.83. The Morgan fingerprint density at radius 3 is 2.09 bits per heavy atom. The highest BCUT2D eigenvalue weighted by atomic mass is 14.6. The van der Waals surface area contributed by atoms with E-state index in [0.29, 0.717) is 12.0 Å². The van der Waals surface area contributed by atoms with Crippen molar-refractivity contribution >= 4 is 0 Å². The molecule has 0 rings (SSSR count). The van der Waals surface area contributed by atoms with E-state index < -0.39 is 0 Å². The van der Waals surface area contributed by atoms with Gasteiger partial charge in [-0.2, -0.15) is 0 Å². The molecule has 0 saturated heterocycles. The summed E-state index contributed by atoms with van der Waals surface area (Å²) in [5.41, 5.74) is 5.95. The molecule has 0 bridgehead atoms.